The van der Waals surface area contributed by atoms with Crippen LogP contribution in [0, 0.1) is 14.9 Å². The average Bonchev–Trinajstić information content (AvgIpc) is 2.25. The summed E-state index contributed by atoms with van der Waals surface area (Å²) in [5.74, 6) is -0.345. The van der Waals surface area contributed by atoms with Gasteiger partial charge in [-0.1, -0.05) is 0 Å². The lowest BCUT2D eigenvalue weighted by atomic mass is 10.1. The number of halogens is 2. The third-order valence-corrected chi connectivity index (χ3v) is 4.50. The van der Waals surface area contributed by atoms with Gasteiger partial charge in [0, 0.05) is 8.04 Å². The van der Waals surface area contributed by atoms with E-state index >= 15 is 0 Å². The number of nitrogens with zero attached hydrogens (tertiary/aromatic N) is 1. The second-order valence-electron chi connectivity index (χ2n) is 2.75. The molecular weight excluding hydrogens is 373 g/mol. The molecule has 1 rings (SSSR count). The van der Waals surface area contributed by atoms with Gasteiger partial charge in [0.05, 0.1) is 25.2 Å². The zero-order valence-electron chi connectivity index (χ0n) is 7.88. The largest absolute Gasteiger partial charge is 0.469 e. The summed E-state index contributed by atoms with van der Waals surface area (Å²) in [5, 5.41) is 8.90. The summed E-state index contributed by atoms with van der Waals surface area (Å²) < 4.78 is 6.33. The molecule has 0 aliphatic heterocycles. The molecule has 0 fully saturated rings. The van der Waals surface area contributed by atoms with E-state index in [9.17, 15) is 4.79 Å². The van der Waals surface area contributed by atoms with E-state index in [4.69, 9.17) is 5.26 Å². The zero-order chi connectivity index (χ0) is 11.4. The summed E-state index contributed by atoms with van der Waals surface area (Å²) in [6.45, 7) is 0. The lowest BCUT2D eigenvalue weighted by Crippen LogP contribution is -2.08. The molecule has 0 bridgehead atoms. The SMILES string of the molecule is COC(=O)Cc1c(C#N)ccc(Br)c1I. The van der Waals surface area contributed by atoms with E-state index < -0.39 is 0 Å². The Morgan fingerprint density at radius 1 is 1.67 bits per heavy atom. The first kappa shape index (κ1) is 12.5. The fourth-order valence-electron chi connectivity index (χ4n) is 1.09. The number of carbonyl (C=O) groups is 1. The summed E-state index contributed by atoms with van der Waals surface area (Å²) in [4.78, 5) is 11.2. The smallest absolute Gasteiger partial charge is 0.310 e. The maximum Gasteiger partial charge on any atom is 0.310 e. The standard InChI is InChI=1S/C10H7BrINO2/c1-15-9(14)4-7-6(5-13)2-3-8(11)10(7)12/h2-3H,4H2,1H3. The van der Waals surface area contributed by atoms with Gasteiger partial charge in [-0.25, -0.2) is 0 Å². The van der Waals surface area contributed by atoms with Gasteiger partial charge in [0.1, 0.15) is 0 Å². The number of carbonyl (C=O) groups excluding carboxylic acids is 1. The van der Waals surface area contributed by atoms with Crippen molar-refractivity contribution in [3.8, 4) is 6.07 Å². The minimum Gasteiger partial charge on any atom is -0.469 e. The Balaban J connectivity index is 3.19. The van der Waals surface area contributed by atoms with E-state index in [2.05, 4.69) is 49.3 Å². The van der Waals surface area contributed by atoms with Crippen LogP contribution in [0.5, 0.6) is 0 Å². The highest BCUT2D eigenvalue weighted by atomic mass is 127. The molecule has 78 valence electrons. The lowest BCUT2D eigenvalue weighted by Gasteiger charge is -2.07. The van der Waals surface area contributed by atoms with Gasteiger partial charge < -0.3 is 4.74 Å². The minimum atomic E-state index is -0.345. The first-order chi connectivity index (χ1) is 7.10. The van der Waals surface area contributed by atoms with Gasteiger partial charge in [-0.3, -0.25) is 4.79 Å². The van der Waals surface area contributed by atoms with Gasteiger partial charge in [-0.05, 0) is 56.2 Å². The molecule has 15 heavy (non-hydrogen) atoms. The molecule has 0 aliphatic rings. The molecule has 0 saturated heterocycles. The summed E-state index contributed by atoms with van der Waals surface area (Å²) >= 11 is 5.45. The maximum atomic E-state index is 11.2. The number of benzene rings is 1. The van der Waals surface area contributed by atoms with Crippen molar-refractivity contribution < 1.29 is 9.53 Å². The molecule has 0 saturated carbocycles. The summed E-state index contributed by atoms with van der Waals surface area (Å²) in [5.41, 5.74) is 1.22. The zero-order valence-corrected chi connectivity index (χ0v) is 11.6. The Morgan fingerprint density at radius 3 is 2.87 bits per heavy atom. The molecule has 1 aromatic carbocycles. The highest BCUT2D eigenvalue weighted by Crippen LogP contribution is 2.26. The number of hydrogen-bond donors (Lipinski definition) is 0. The minimum absolute atomic E-state index is 0.122. The van der Waals surface area contributed by atoms with Crippen LogP contribution in [-0.4, -0.2) is 13.1 Å². The molecule has 1 aromatic rings. The second-order valence-corrected chi connectivity index (χ2v) is 4.69. The number of nitriles is 1. The van der Waals surface area contributed by atoms with Crippen LogP contribution in [0.2, 0.25) is 0 Å². The van der Waals surface area contributed by atoms with Gasteiger partial charge in [0.25, 0.3) is 0 Å². The van der Waals surface area contributed by atoms with Crippen molar-refractivity contribution in [1.82, 2.24) is 0 Å². The number of methoxy groups -OCH3 is 1. The highest BCUT2D eigenvalue weighted by Gasteiger charge is 2.13. The molecule has 0 unspecified atom stereocenters. The summed E-state index contributed by atoms with van der Waals surface area (Å²) in [6.07, 6.45) is 0.122. The number of ether oxygens (including phenoxy) is 1. The molecule has 0 aromatic heterocycles. The van der Waals surface area contributed by atoms with Crippen molar-refractivity contribution in [3.05, 3.63) is 31.3 Å². The molecule has 5 heteroatoms. The number of rotatable bonds is 2. The van der Waals surface area contributed by atoms with Crippen molar-refractivity contribution in [3.63, 3.8) is 0 Å². The molecule has 0 atom stereocenters. The molecule has 0 heterocycles. The van der Waals surface area contributed by atoms with Crippen LogP contribution in [0.15, 0.2) is 16.6 Å². The quantitative estimate of drug-likeness (QED) is 0.586. The Hall–Kier alpha value is -0.610. The molecule has 0 radical (unpaired) electrons. The van der Waals surface area contributed by atoms with E-state index in [1.165, 1.54) is 7.11 Å². The molecule has 0 amide bonds. The number of esters is 1. The van der Waals surface area contributed by atoms with E-state index in [0.717, 1.165) is 8.04 Å². The first-order valence-corrected chi connectivity index (χ1v) is 5.91. The fourth-order valence-corrected chi connectivity index (χ4v) is 2.12. The van der Waals surface area contributed by atoms with Crippen LogP contribution in [0.3, 0.4) is 0 Å². The topological polar surface area (TPSA) is 50.1 Å². The van der Waals surface area contributed by atoms with Crippen LogP contribution in [0.1, 0.15) is 11.1 Å². The van der Waals surface area contributed by atoms with Crippen molar-refractivity contribution >= 4 is 44.5 Å². The van der Waals surface area contributed by atoms with Crippen molar-refractivity contribution in [1.29, 1.82) is 5.26 Å². The van der Waals surface area contributed by atoms with Gasteiger partial charge in [0.2, 0.25) is 0 Å². The molecule has 3 nitrogen and oxygen atoms in total. The van der Waals surface area contributed by atoms with E-state index in [1.807, 2.05) is 0 Å². The Bertz CT molecular complexity index is 440. The van der Waals surface area contributed by atoms with Crippen LogP contribution in [0.25, 0.3) is 0 Å². The Kier molecular flexibility index (Phi) is 4.54. The van der Waals surface area contributed by atoms with Gasteiger partial charge in [0.15, 0.2) is 0 Å². The maximum absolute atomic E-state index is 11.2. The van der Waals surface area contributed by atoms with E-state index in [-0.39, 0.29) is 12.4 Å². The molecule has 0 spiro atoms. The molecular formula is C10H7BrINO2. The first-order valence-electron chi connectivity index (χ1n) is 4.04. The van der Waals surface area contributed by atoms with Crippen molar-refractivity contribution in [2.75, 3.05) is 7.11 Å². The van der Waals surface area contributed by atoms with Gasteiger partial charge in [-0.15, -0.1) is 0 Å². The predicted octanol–water partition coefficient (Wildman–Crippen LogP) is 2.64. The van der Waals surface area contributed by atoms with E-state index in [0.29, 0.717) is 11.1 Å². The second kappa shape index (κ2) is 5.47. The van der Waals surface area contributed by atoms with E-state index in [1.54, 1.807) is 12.1 Å². The average molecular weight is 380 g/mol. The van der Waals surface area contributed by atoms with Crippen LogP contribution >= 0.6 is 38.5 Å². The van der Waals surface area contributed by atoms with Crippen molar-refractivity contribution in [2.24, 2.45) is 0 Å². The molecule has 0 N–H and O–H groups in total. The highest BCUT2D eigenvalue weighted by molar-refractivity contribution is 14.1. The van der Waals surface area contributed by atoms with Gasteiger partial charge >= 0.3 is 5.97 Å². The van der Waals surface area contributed by atoms with Crippen LogP contribution in [-0.2, 0) is 16.0 Å². The fraction of sp³-hybridized carbons (Fsp3) is 0.200. The third kappa shape index (κ3) is 2.92. The third-order valence-electron chi connectivity index (χ3n) is 1.87. The lowest BCUT2D eigenvalue weighted by molar-refractivity contribution is -0.139. The predicted molar refractivity (Wildman–Crippen MR) is 67.3 cm³/mol. The Morgan fingerprint density at radius 2 is 2.33 bits per heavy atom. The Labute approximate surface area is 110 Å². The van der Waals surface area contributed by atoms with Crippen LogP contribution in [0.4, 0.5) is 0 Å². The van der Waals surface area contributed by atoms with Crippen LogP contribution < -0.4 is 0 Å². The summed E-state index contributed by atoms with van der Waals surface area (Å²) in [6, 6.07) is 5.54. The summed E-state index contributed by atoms with van der Waals surface area (Å²) in [7, 11) is 1.33. The number of hydrogen-bond acceptors (Lipinski definition) is 3. The van der Waals surface area contributed by atoms with Crippen molar-refractivity contribution in [2.45, 2.75) is 6.42 Å². The molecule has 0 aliphatic carbocycles. The monoisotopic (exact) mass is 379 g/mol. The van der Waals surface area contributed by atoms with Gasteiger partial charge in [-0.2, -0.15) is 5.26 Å². The normalized spacial score (nSPS) is 9.47.